The molecule has 32 heavy (non-hydrogen) atoms. The maximum atomic E-state index is 13.5. The molecule has 1 atom stereocenters. The number of nitrogens with zero attached hydrogens (tertiary/aromatic N) is 3. The van der Waals surface area contributed by atoms with Crippen molar-refractivity contribution in [3.63, 3.8) is 0 Å². The summed E-state index contributed by atoms with van der Waals surface area (Å²) >= 11 is 0. The third-order valence-corrected chi connectivity index (χ3v) is 4.81. The average molecular weight is 429 g/mol. The van der Waals surface area contributed by atoms with Gasteiger partial charge in [0.05, 0.1) is 18.2 Å². The van der Waals surface area contributed by atoms with Gasteiger partial charge in [0.15, 0.2) is 5.82 Å². The highest BCUT2D eigenvalue weighted by atomic mass is 19.1. The number of hydrogen-bond donors (Lipinski definition) is 2. The van der Waals surface area contributed by atoms with Crippen LogP contribution in [0, 0.1) is 5.82 Å². The predicted octanol–water partition coefficient (Wildman–Crippen LogP) is 3.01. The Morgan fingerprint density at radius 2 is 1.91 bits per heavy atom. The molecule has 0 spiro atoms. The van der Waals surface area contributed by atoms with E-state index in [4.69, 9.17) is 0 Å². The van der Waals surface area contributed by atoms with Gasteiger partial charge >= 0.3 is 0 Å². The Hall–Kier alpha value is -4.20. The van der Waals surface area contributed by atoms with Crippen LogP contribution in [-0.2, 0) is 17.6 Å². The number of carbonyl (C=O) groups excluding carboxylic acids is 1. The van der Waals surface area contributed by atoms with Crippen molar-refractivity contribution in [3.8, 4) is 11.5 Å². The third kappa shape index (κ3) is 5.48. The van der Waals surface area contributed by atoms with Crippen molar-refractivity contribution in [1.82, 2.24) is 25.3 Å². The van der Waals surface area contributed by atoms with E-state index < -0.39 is 6.04 Å². The third-order valence-electron chi connectivity index (χ3n) is 4.81. The molecule has 0 saturated heterocycles. The molecule has 0 aliphatic carbocycles. The zero-order chi connectivity index (χ0) is 22.3. The minimum atomic E-state index is -0.509. The monoisotopic (exact) mass is 429 g/mol. The molecule has 0 radical (unpaired) electrons. The fourth-order valence-electron chi connectivity index (χ4n) is 3.33. The van der Waals surface area contributed by atoms with Crippen molar-refractivity contribution in [2.45, 2.75) is 18.9 Å². The molecule has 1 amide bonds. The molecule has 3 heterocycles. The lowest BCUT2D eigenvalue weighted by Gasteiger charge is -2.19. The molecule has 1 aromatic carbocycles. The number of rotatable bonds is 7. The number of carbonyl (C=O) groups is 1. The van der Waals surface area contributed by atoms with Crippen LogP contribution in [-0.4, -0.2) is 25.8 Å². The number of H-pyrrole nitrogens is 1. The van der Waals surface area contributed by atoms with Crippen LogP contribution in [0.25, 0.3) is 11.5 Å². The standard InChI is InChI=1S/C24H20FN5O2/c25-18-8-6-17(7-9-18)21(29-22(31)12-16-4-3-10-26-15-16)13-19-14-23(32)30-24(28-19)20-5-1-2-11-27-20/h1-11,14-15,21H,12-13H2,(H,29,31)(H,28,30,32). The van der Waals surface area contributed by atoms with Gasteiger partial charge in [-0.05, 0) is 41.5 Å². The Morgan fingerprint density at radius 1 is 1.06 bits per heavy atom. The molecule has 2 N–H and O–H groups in total. The first-order chi connectivity index (χ1) is 15.6. The quantitative estimate of drug-likeness (QED) is 0.470. The van der Waals surface area contributed by atoms with Gasteiger partial charge in [-0.3, -0.25) is 19.6 Å². The zero-order valence-electron chi connectivity index (χ0n) is 17.0. The topological polar surface area (TPSA) is 101 Å². The Balaban J connectivity index is 1.60. The Labute approximate surface area is 183 Å². The van der Waals surface area contributed by atoms with Gasteiger partial charge < -0.3 is 10.3 Å². The SMILES string of the molecule is O=C(Cc1cccnc1)NC(Cc1cc(=O)[nH]c(-c2ccccn2)n1)c1ccc(F)cc1. The zero-order valence-corrected chi connectivity index (χ0v) is 17.0. The van der Waals surface area contributed by atoms with E-state index in [9.17, 15) is 14.0 Å². The number of benzene rings is 1. The second-order valence-corrected chi connectivity index (χ2v) is 7.21. The fraction of sp³-hybridized carbons (Fsp3) is 0.125. The lowest BCUT2D eigenvalue weighted by Crippen LogP contribution is -2.31. The van der Waals surface area contributed by atoms with E-state index in [-0.39, 0.29) is 30.1 Å². The summed E-state index contributed by atoms with van der Waals surface area (Å²) in [6, 6.07) is 15.7. The molecule has 7 nitrogen and oxygen atoms in total. The Morgan fingerprint density at radius 3 is 2.62 bits per heavy atom. The van der Waals surface area contributed by atoms with Crippen LogP contribution in [0.2, 0.25) is 0 Å². The summed E-state index contributed by atoms with van der Waals surface area (Å²) in [4.78, 5) is 40.4. The van der Waals surface area contributed by atoms with Gasteiger partial charge in [0.1, 0.15) is 11.5 Å². The summed E-state index contributed by atoms with van der Waals surface area (Å²) in [5, 5.41) is 2.97. The first-order valence-electron chi connectivity index (χ1n) is 10.0. The smallest absolute Gasteiger partial charge is 0.251 e. The van der Waals surface area contributed by atoms with Crippen LogP contribution in [0.1, 0.15) is 22.9 Å². The van der Waals surface area contributed by atoms with Crippen molar-refractivity contribution < 1.29 is 9.18 Å². The maximum Gasteiger partial charge on any atom is 0.251 e. The number of aromatic amines is 1. The molecule has 4 rings (SSSR count). The number of nitrogens with one attached hydrogen (secondary N) is 2. The number of hydrogen-bond acceptors (Lipinski definition) is 5. The molecule has 8 heteroatoms. The minimum absolute atomic E-state index is 0.146. The lowest BCUT2D eigenvalue weighted by molar-refractivity contribution is -0.121. The van der Waals surface area contributed by atoms with Crippen molar-refractivity contribution >= 4 is 5.91 Å². The van der Waals surface area contributed by atoms with Crippen molar-refractivity contribution in [1.29, 1.82) is 0 Å². The van der Waals surface area contributed by atoms with Crippen LogP contribution in [0.5, 0.6) is 0 Å². The summed E-state index contributed by atoms with van der Waals surface area (Å²) in [6.45, 7) is 0. The van der Waals surface area contributed by atoms with Crippen molar-refractivity contribution in [2.24, 2.45) is 0 Å². The second kappa shape index (κ2) is 9.74. The van der Waals surface area contributed by atoms with Gasteiger partial charge in [0.2, 0.25) is 5.91 Å². The molecular formula is C24H20FN5O2. The van der Waals surface area contributed by atoms with Gasteiger partial charge in [-0.15, -0.1) is 0 Å². The lowest BCUT2D eigenvalue weighted by atomic mass is 10.0. The number of aromatic nitrogens is 4. The number of amides is 1. The van der Waals surface area contributed by atoms with Gasteiger partial charge in [-0.1, -0.05) is 24.3 Å². The van der Waals surface area contributed by atoms with Crippen molar-refractivity contribution in [3.05, 3.63) is 112 Å². The molecule has 1 unspecified atom stereocenters. The Bertz CT molecular complexity index is 1240. The molecule has 160 valence electrons. The molecule has 0 fully saturated rings. The molecule has 0 saturated carbocycles. The van der Waals surface area contributed by atoms with Crippen LogP contribution in [0.3, 0.4) is 0 Å². The fourth-order valence-corrected chi connectivity index (χ4v) is 3.33. The normalized spacial score (nSPS) is 11.7. The second-order valence-electron chi connectivity index (χ2n) is 7.21. The largest absolute Gasteiger partial charge is 0.349 e. The van der Waals surface area contributed by atoms with E-state index in [1.54, 1.807) is 55.0 Å². The van der Waals surface area contributed by atoms with E-state index in [2.05, 4.69) is 25.3 Å². The highest BCUT2D eigenvalue weighted by Crippen LogP contribution is 2.19. The molecule has 0 bridgehead atoms. The summed E-state index contributed by atoms with van der Waals surface area (Å²) in [6.07, 6.45) is 5.27. The Kier molecular flexibility index (Phi) is 6.41. The van der Waals surface area contributed by atoms with E-state index in [1.165, 1.54) is 18.2 Å². The number of halogens is 1. The predicted molar refractivity (Wildman–Crippen MR) is 117 cm³/mol. The van der Waals surface area contributed by atoms with Crippen LogP contribution in [0.15, 0.2) is 84.0 Å². The molecule has 3 aromatic heterocycles. The van der Waals surface area contributed by atoms with Gasteiger partial charge in [-0.25, -0.2) is 9.37 Å². The average Bonchev–Trinajstić information content (AvgIpc) is 2.80. The first-order valence-corrected chi connectivity index (χ1v) is 10.0. The summed E-state index contributed by atoms with van der Waals surface area (Å²) < 4.78 is 13.5. The molecule has 0 aliphatic heterocycles. The molecule has 0 aliphatic rings. The summed E-state index contributed by atoms with van der Waals surface area (Å²) in [5.41, 5.74) is 2.16. The van der Waals surface area contributed by atoms with E-state index in [1.807, 2.05) is 6.07 Å². The van der Waals surface area contributed by atoms with E-state index in [0.29, 0.717) is 22.8 Å². The minimum Gasteiger partial charge on any atom is -0.349 e. The van der Waals surface area contributed by atoms with Gasteiger partial charge in [-0.2, -0.15) is 0 Å². The van der Waals surface area contributed by atoms with E-state index in [0.717, 1.165) is 5.56 Å². The van der Waals surface area contributed by atoms with Gasteiger partial charge in [0, 0.05) is 31.1 Å². The van der Waals surface area contributed by atoms with Crippen molar-refractivity contribution in [2.75, 3.05) is 0 Å². The van der Waals surface area contributed by atoms with Crippen LogP contribution < -0.4 is 10.9 Å². The summed E-state index contributed by atoms with van der Waals surface area (Å²) in [7, 11) is 0. The number of pyridine rings is 2. The first kappa shape index (κ1) is 21.0. The maximum absolute atomic E-state index is 13.5. The highest BCUT2D eigenvalue weighted by molar-refractivity contribution is 5.79. The van der Waals surface area contributed by atoms with Crippen LogP contribution >= 0.6 is 0 Å². The molecule has 4 aromatic rings. The van der Waals surface area contributed by atoms with Gasteiger partial charge in [0.25, 0.3) is 5.56 Å². The molecular weight excluding hydrogens is 409 g/mol. The van der Waals surface area contributed by atoms with Crippen LogP contribution in [0.4, 0.5) is 4.39 Å². The van der Waals surface area contributed by atoms with E-state index >= 15 is 0 Å². The highest BCUT2D eigenvalue weighted by Gasteiger charge is 2.18. The summed E-state index contributed by atoms with van der Waals surface area (Å²) in [5.74, 6) is -0.254.